The van der Waals surface area contributed by atoms with Gasteiger partial charge in [0.25, 0.3) is 0 Å². The van der Waals surface area contributed by atoms with Crippen LogP contribution in [-0.2, 0) is 12.8 Å². The van der Waals surface area contributed by atoms with Gasteiger partial charge in [-0.05, 0) is 24.0 Å². The average Bonchev–Trinajstić information content (AvgIpc) is 2.46. The lowest BCUT2D eigenvalue weighted by molar-refractivity contribution is 0.0633. The summed E-state index contributed by atoms with van der Waals surface area (Å²) in [5.41, 5.74) is -3.90. The van der Waals surface area contributed by atoms with Crippen LogP contribution in [0.2, 0.25) is 0 Å². The van der Waals surface area contributed by atoms with Gasteiger partial charge >= 0.3 is 23.9 Å². The molecule has 4 N–H and O–H groups in total. The summed E-state index contributed by atoms with van der Waals surface area (Å²) in [6.45, 7) is 6.74. The van der Waals surface area contributed by atoms with Crippen molar-refractivity contribution in [2.75, 3.05) is 0 Å². The number of rotatable bonds is 8. The molecular formula is C16H14O8. The van der Waals surface area contributed by atoms with Crippen LogP contribution in [0.4, 0.5) is 0 Å². The highest BCUT2D eigenvalue weighted by Gasteiger charge is 2.34. The molecule has 0 aliphatic heterocycles. The van der Waals surface area contributed by atoms with Crippen molar-refractivity contribution in [2.24, 2.45) is 0 Å². The summed E-state index contributed by atoms with van der Waals surface area (Å²) < 4.78 is 0. The third-order valence-electron chi connectivity index (χ3n) is 3.26. The number of carbonyl (C=O) groups is 4. The Morgan fingerprint density at radius 2 is 0.833 bits per heavy atom. The first-order valence-corrected chi connectivity index (χ1v) is 6.55. The Morgan fingerprint density at radius 3 is 0.958 bits per heavy atom. The Morgan fingerprint density at radius 1 is 0.625 bits per heavy atom. The zero-order valence-corrected chi connectivity index (χ0v) is 12.4. The molecule has 0 spiro atoms. The third-order valence-corrected chi connectivity index (χ3v) is 3.26. The molecule has 1 aromatic rings. The molecular weight excluding hydrogens is 320 g/mol. The van der Waals surface area contributed by atoms with E-state index in [0.717, 1.165) is 0 Å². The minimum atomic E-state index is -1.67. The van der Waals surface area contributed by atoms with Crippen LogP contribution in [0.25, 0.3) is 0 Å². The van der Waals surface area contributed by atoms with Crippen LogP contribution >= 0.6 is 0 Å². The summed E-state index contributed by atoms with van der Waals surface area (Å²) >= 11 is 0. The molecule has 0 aromatic heterocycles. The summed E-state index contributed by atoms with van der Waals surface area (Å²) in [5, 5.41) is 37.5. The number of hydrogen-bond acceptors (Lipinski definition) is 4. The first-order valence-electron chi connectivity index (χ1n) is 6.55. The molecule has 1 rings (SSSR count). The normalized spacial score (nSPS) is 10.0. The topological polar surface area (TPSA) is 149 Å². The predicted octanol–water partition coefficient (Wildman–Crippen LogP) is 1.94. The van der Waals surface area contributed by atoms with Crippen LogP contribution in [0.15, 0.2) is 25.3 Å². The smallest absolute Gasteiger partial charge is 0.336 e. The first kappa shape index (κ1) is 18.6. The molecule has 24 heavy (non-hydrogen) atoms. The number of carboxylic acid groups (broad SMARTS) is 4. The summed E-state index contributed by atoms with van der Waals surface area (Å²) in [6, 6.07) is 0. The van der Waals surface area contributed by atoms with Gasteiger partial charge in [-0.3, -0.25) is 0 Å². The second kappa shape index (κ2) is 7.23. The minimum Gasteiger partial charge on any atom is -0.478 e. The van der Waals surface area contributed by atoms with E-state index in [2.05, 4.69) is 13.2 Å². The molecule has 8 heteroatoms. The number of hydrogen-bond donors (Lipinski definition) is 4. The van der Waals surface area contributed by atoms with E-state index < -0.39 is 57.3 Å². The van der Waals surface area contributed by atoms with Gasteiger partial charge in [-0.25, -0.2) is 19.2 Å². The fourth-order valence-corrected chi connectivity index (χ4v) is 2.49. The third kappa shape index (κ3) is 3.17. The predicted molar refractivity (Wildman–Crippen MR) is 82.1 cm³/mol. The summed E-state index contributed by atoms with van der Waals surface area (Å²) in [5.74, 6) is -6.69. The van der Waals surface area contributed by atoms with Crippen LogP contribution in [-0.4, -0.2) is 44.3 Å². The van der Waals surface area contributed by atoms with Crippen molar-refractivity contribution < 1.29 is 39.6 Å². The van der Waals surface area contributed by atoms with Gasteiger partial charge in [-0.15, -0.1) is 13.2 Å². The van der Waals surface area contributed by atoms with E-state index in [1.807, 2.05) is 0 Å². The first-order chi connectivity index (χ1) is 11.2. The van der Waals surface area contributed by atoms with Crippen molar-refractivity contribution in [3.8, 4) is 0 Å². The van der Waals surface area contributed by atoms with E-state index in [1.165, 1.54) is 12.2 Å². The van der Waals surface area contributed by atoms with E-state index in [9.17, 15) is 39.6 Å². The Kier molecular flexibility index (Phi) is 5.61. The van der Waals surface area contributed by atoms with Crippen LogP contribution in [0, 0.1) is 0 Å². The van der Waals surface area contributed by atoms with Crippen molar-refractivity contribution in [3.05, 3.63) is 58.7 Å². The molecule has 1 aromatic carbocycles. The molecule has 0 atom stereocenters. The van der Waals surface area contributed by atoms with E-state index in [4.69, 9.17) is 0 Å². The van der Waals surface area contributed by atoms with Crippen molar-refractivity contribution in [3.63, 3.8) is 0 Å². The number of aromatic carboxylic acids is 4. The van der Waals surface area contributed by atoms with Crippen LogP contribution in [0.1, 0.15) is 52.6 Å². The molecule has 0 amide bonds. The molecule has 0 radical (unpaired) electrons. The van der Waals surface area contributed by atoms with Crippen LogP contribution < -0.4 is 0 Å². The number of allylic oxidation sites excluding steroid dienone is 2. The summed E-state index contributed by atoms with van der Waals surface area (Å²) in [6.07, 6.45) is 1.69. The largest absolute Gasteiger partial charge is 0.478 e. The molecule has 0 aliphatic carbocycles. The Hall–Kier alpha value is -3.42. The van der Waals surface area contributed by atoms with Gasteiger partial charge in [0.15, 0.2) is 0 Å². The Balaban J connectivity index is 4.30. The molecule has 8 nitrogen and oxygen atoms in total. The molecule has 126 valence electrons. The van der Waals surface area contributed by atoms with Gasteiger partial charge in [0.2, 0.25) is 0 Å². The fraction of sp³-hybridized carbons (Fsp3) is 0.125. The van der Waals surface area contributed by atoms with Gasteiger partial charge in [-0.2, -0.15) is 0 Å². The van der Waals surface area contributed by atoms with Gasteiger partial charge in [0, 0.05) is 0 Å². The van der Waals surface area contributed by atoms with Crippen LogP contribution in [0.3, 0.4) is 0 Å². The maximum absolute atomic E-state index is 11.6. The van der Waals surface area contributed by atoms with Crippen molar-refractivity contribution >= 4 is 23.9 Å². The molecule has 0 heterocycles. The summed E-state index contributed by atoms with van der Waals surface area (Å²) in [7, 11) is 0. The lowest BCUT2D eigenvalue weighted by Crippen LogP contribution is -2.23. The fourth-order valence-electron chi connectivity index (χ4n) is 2.49. The SMILES string of the molecule is C=CCc1c(C(=O)O)c(C(=O)O)c(CC=C)c(C(=O)O)c1C(=O)O. The quantitative estimate of drug-likeness (QED) is 0.527. The lowest BCUT2D eigenvalue weighted by Gasteiger charge is -2.18. The van der Waals surface area contributed by atoms with Gasteiger partial charge in [0.05, 0.1) is 22.3 Å². The van der Waals surface area contributed by atoms with E-state index in [1.54, 1.807) is 0 Å². The minimum absolute atomic E-state index is 0.321. The molecule has 0 saturated carbocycles. The maximum Gasteiger partial charge on any atom is 0.336 e. The Labute approximate surface area is 136 Å². The highest BCUT2D eigenvalue weighted by atomic mass is 16.4. The maximum atomic E-state index is 11.6. The average molecular weight is 334 g/mol. The second-order valence-electron chi connectivity index (χ2n) is 4.66. The standard InChI is InChI=1S/C16H14O8/c1-3-5-7-9(13(17)18)11(15(21)22)8(6-4-2)12(16(23)24)10(7)14(19)20/h3-4H,1-2,5-6H2,(H,17,18)(H,19,20)(H,21,22)(H,23,24). The van der Waals surface area contributed by atoms with Crippen molar-refractivity contribution in [1.29, 1.82) is 0 Å². The highest BCUT2D eigenvalue weighted by Crippen LogP contribution is 2.31. The monoisotopic (exact) mass is 334 g/mol. The molecule has 0 aliphatic rings. The molecule has 0 fully saturated rings. The number of benzene rings is 1. The van der Waals surface area contributed by atoms with Crippen LogP contribution in [0.5, 0.6) is 0 Å². The zero-order valence-electron chi connectivity index (χ0n) is 12.4. The molecule has 0 unspecified atom stereocenters. The highest BCUT2D eigenvalue weighted by molar-refractivity contribution is 6.12. The second-order valence-corrected chi connectivity index (χ2v) is 4.66. The zero-order chi connectivity index (χ0) is 18.6. The van der Waals surface area contributed by atoms with E-state index in [-0.39, 0.29) is 12.8 Å². The number of carboxylic acids is 4. The van der Waals surface area contributed by atoms with E-state index in [0.29, 0.717) is 0 Å². The van der Waals surface area contributed by atoms with E-state index >= 15 is 0 Å². The van der Waals surface area contributed by atoms with Crippen molar-refractivity contribution in [2.45, 2.75) is 12.8 Å². The van der Waals surface area contributed by atoms with Gasteiger partial charge in [-0.1, -0.05) is 12.2 Å². The summed E-state index contributed by atoms with van der Waals surface area (Å²) in [4.78, 5) is 46.3. The molecule has 0 bridgehead atoms. The van der Waals surface area contributed by atoms with Crippen molar-refractivity contribution in [1.82, 2.24) is 0 Å². The van der Waals surface area contributed by atoms with Gasteiger partial charge < -0.3 is 20.4 Å². The Bertz CT molecular complexity index is 655. The van der Waals surface area contributed by atoms with Gasteiger partial charge in [0.1, 0.15) is 0 Å². The molecule has 0 saturated heterocycles. The lowest BCUT2D eigenvalue weighted by atomic mass is 9.83.